The summed E-state index contributed by atoms with van der Waals surface area (Å²) < 4.78 is 7.15. The Bertz CT molecular complexity index is 1060. The van der Waals surface area contributed by atoms with E-state index in [2.05, 4.69) is 20.8 Å². The summed E-state index contributed by atoms with van der Waals surface area (Å²) in [7, 11) is 3.39. The Balaban J connectivity index is 1.66. The zero-order valence-corrected chi connectivity index (χ0v) is 18.0. The predicted octanol–water partition coefficient (Wildman–Crippen LogP) is 3.49. The fraction of sp³-hybridized carbons (Fsp3) is 0.238. The van der Waals surface area contributed by atoms with Crippen molar-refractivity contribution in [3.8, 4) is 17.1 Å². The van der Waals surface area contributed by atoms with E-state index in [0.29, 0.717) is 22.3 Å². The van der Waals surface area contributed by atoms with Crippen LogP contribution in [0.5, 0.6) is 5.75 Å². The molecule has 8 nitrogen and oxygen atoms in total. The number of carbonyl (C=O) groups excluding carboxylic acids is 2. The number of anilines is 2. The molecule has 0 unspecified atom stereocenters. The summed E-state index contributed by atoms with van der Waals surface area (Å²) in [6, 6.07) is 13.1. The van der Waals surface area contributed by atoms with Gasteiger partial charge in [0.15, 0.2) is 11.0 Å². The molecule has 3 rings (SSSR count). The van der Waals surface area contributed by atoms with Crippen molar-refractivity contribution in [2.45, 2.75) is 19.0 Å². The lowest BCUT2D eigenvalue weighted by Gasteiger charge is -2.12. The van der Waals surface area contributed by atoms with Crippen molar-refractivity contribution < 1.29 is 14.3 Å². The first kappa shape index (κ1) is 21.4. The van der Waals surface area contributed by atoms with Crippen LogP contribution in [-0.4, -0.2) is 39.4 Å². The van der Waals surface area contributed by atoms with Gasteiger partial charge in [-0.3, -0.25) is 9.59 Å². The summed E-state index contributed by atoms with van der Waals surface area (Å²) in [4.78, 5) is 23.7. The molecule has 0 aliphatic carbocycles. The summed E-state index contributed by atoms with van der Waals surface area (Å²) in [6.07, 6.45) is 0. The monoisotopic (exact) mass is 425 g/mol. The molecule has 0 aliphatic rings. The number of hydrogen-bond donors (Lipinski definition) is 2. The largest absolute Gasteiger partial charge is 0.495 e. The van der Waals surface area contributed by atoms with Gasteiger partial charge in [-0.1, -0.05) is 41.6 Å². The first-order valence-electron chi connectivity index (χ1n) is 9.22. The van der Waals surface area contributed by atoms with Gasteiger partial charge in [0.05, 0.1) is 18.6 Å². The number of nitrogens with zero attached hydrogens (tertiary/aromatic N) is 3. The average molecular weight is 426 g/mol. The van der Waals surface area contributed by atoms with Crippen molar-refractivity contribution >= 4 is 35.0 Å². The number of carbonyl (C=O) groups is 2. The minimum atomic E-state index is -0.224. The van der Waals surface area contributed by atoms with E-state index in [4.69, 9.17) is 4.74 Å². The highest BCUT2D eigenvalue weighted by Crippen LogP contribution is 2.28. The topological polar surface area (TPSA) is 98.1 Å². The van der Waals surface area contributed by atoms with Crippen molar-refractivity contribution in [3.05, 3.63) is 48.0 Å². The first-order valence-corrected chi connectivity index (χ1v) is 10.2. The van der Waals surface area contributed by atoms with Crippen LogP contribution in [0.3, 0.4) is 0 Å². The Morgan fingerprint density at radius 2 is 1.83 bits per heavy atom. The molecule has 3 aromatic rings. The molecule has 0 atom stereocenters. The maximum Gasteiger partial charge on any atom is 0.234 e. The highest BCUT2D eigenvalue weighted by Gasteiger charge is 2.14. The van der Waals surface area contributed by atoms with Crippen LogP contribution in [0, 0.1) is 6.92 Å². The van der Waals surface area contributed by atoms with E-state index in [1.54, 1.807) is 18.2 Å². The summed E-state index contributed by atoms with van der Waals surface area (Å²) >= 11 is 1.29. The fourth-order valence-corrected chi connectivity index (χ4v) is 3.51. The van der Waals surface area contributed by atoms with Crippen molar-refractivity contribution in [1.82, 2.24) is 14.8 Å². The smallest absolute Gasteiger partial charge is 0.234 e. The molecule has 30 heavy (non-hydrogen) atoms. The molecular weight excluding hydrogens is 402 g/mol. The Morgan fingerprint density at radius 1 is 1.10 bits per heavy atom. The van der Waals surface area contributed by atoms with Gasteiger partial charge in [0.25, 0.3) is 0 Å². The lowest BCUT2D eigenvalue weighted by Crippen LogP contribution is -2.15. The number of aromatic nitrogens is 3. The zero-order chi connectivity index (χ0) is 21.7. The standard InChI is InChI=1S/C21H23N5O3S/c1-13-5-7-15(8-6-13)20-24-25-21(26(20)3)30-12-19(28)23-17-11-16(22-14(2)27)9-10-18(17)29-4/h5-11H,12H2,1-4H3,(H,22,27)(H,23,28). The van der Waals surface area contributed by atoms with E-state index in [9.17, 15) is 9.59 Å². The number of aryl methyl sites for hydroxylation is 1. The summed E-state index contributed by atoms with van der Waals surface area (Å²) in [5, 5.41) is 14.6. The molecule has 2 aromatic carbocycles. The maximum atomic E-state index is 12.5. The molecule has 2 N–H and O–H groups in total. The molecule has 0 bridgehead atoms. The molecule has 0 spiro atoms. The summed E-state index contributed by atoms with van der Waals surface area (Å²) in [6.45, 7) is 3.45. The second kappa shape index (κ2) is 9.45. The number of rotatable bonds is 7. The van der Waals surface area contributed by atoms with E-state index in [1.165, 1.54) is 31.4 Å². The molecule has 9 heteroatoms. The molecule has 0 radical (unpaired) electrons. The van der Waals surface area contributed by atoms with Gasteiger partial charge in [0.2, 0.25) is 11.8 Å². The summed E-state index contributed by atoms with van der Waals surface area (Å²) in [5.74, 6) is 0.969. The molecule has 0 aliphatic heterocycles. The van der Waals surface area contributed by atoms with Crippen molar-refractivity contribution in [1.29, 1.82) is 0 Å². The second-order valence-electron chi connectivity index (χ2n) is 6.66. The van der Waals surface area contributed by atoms with Crippen molar-refractivity contribution in [2.24, 2.45) is 7.05 Å². The predicted molar refractivity (Wildman–Crippen MR) is 118 cm³/mol. The van der Waals surface area contributed by atoms with Gasteiger partial charge >= 0.3 is 0 Å². The number of thioether (sulfide) groups is 1. The van der Waals surface area contributed by atoms with Crippen molar-refractivity contribution in [2.75, 3.05) is 23.5 Å². The van der Waals surface area contributed by atoms with E-state index in [1.807, 2.05) is 42.8 Å². The number of benzene rings is 2. The normalized spacial score (nSPS) is 10.5. The third kappa shape index (κ3) is 5.18. The highest BCUT2D eigenvalue weighted by atomic mass is 32.2. The van der Waals surface area contributed by atoms with Crippen molar-refractivity contribution in [3.63, 3.8) is 0 Å². The van der Waals surface area contributed by atoms with Crippen LogP contribution in [0.15, 0.2) is 47.6 Å². The molecular formula is C21H23N5O3S. The second-order valence-corrected chi connectivity index (χ2v) is 7.61. The van der Waals surface area contributed by atoms with E-state index >= 15 is 0 Å². The third-order valence-corrected chi connectivity index (χ3v) is 5.29. The van der Waals surface area contributed by atoms with Crippen LogP contribution in [0.2, 0.25) is 0 Å². The number of nitrogens with one attached hydrogen (secondary N) is 2. The Hall–Kier alpha value is -3.33. The molecule has 0 fully saturated rings. The SMILES string of the molecule is COc1ccc(NC(C)=O)cc1NC(=O)CSc1nnc(-c2ccc(C)cc2)n1C. The molecule has 156 valence electrons. The molecule has 0 saturated heterocycles. The number of ether oxygens (including phenoxy) is 1. The fourth-order valence-electron chi connectivity index (χ4n) is 2.80. The van der Waals surface area contributed by atoms with E-state index in [0.717, 1.165) is 11.4 Å². The van der Waals surface area contributed by atoms with Crippen LogP contribution >= 0.6 is 11.8 Å². The maximum absolute atomic E-state index is 12.5. The average Bonchev–Trinajstić information content (AvgIpc) is 3.07. The Morgan fingerprint density at radius 3 is 2.50 bits per heavy atom. The van der Waals surface area contributed by atoms with Gasteiger partial charge in [0.1, 0.15) is 5.75 Å². The minimum absolute atomic E-state index is 0.146. The molecule has 0 saturated carbocycles. The van der Waals surface area contributed by atoms with Crippen LogP contribution in [0.4, 0.5) is 11.4 Å². The first-order chi connectivity index (χ1) is 14.4. The van der Waals surface area contributed by atoms with Crippen LogP contribution in [0.1, 0.15) is 12.5 Å². The van der Waals surface area contributed by atoms with Gasteiger partial charge in [-0.2, -0.15) is 0 Å². The van der Waals surface area contributed by atoms with E-state index in [-0.39, 0.29) is 17.6 Å². The Kier molecular flexibility index (Phi) is 6.73. The number of hydrogen-bond acceptors (Lipinski definition) is 6. The number of amides is 2. The Labute approximate surface area is 179 Å². The molecule has 1 aromatic heterocycles. The van der Waals surface area contributed by atoms with Crippen LogP contribution < -0.4 is 15.4 Å². The molecule has 1 heterocycles. The number of methoxy groups -OCH3 is 1. The lowest BCUT2D eigenvalue weighted by atomic mass is 10.1. The van der Waals surface area contributed by atoms with E-state index < -0.39 is 0 Å². The lowest BCUT2D eigenvalue weighted by molar-refractivity contribution is -0.114. The van der Waals surface area contributed by atoms with Crippen LogP contribution in [-0.2, 0) is 16.6 Å². The zero-order valence-electron chi connectivity index (χ0n) is 17.2. The molecule has 2 amide bonds. The van der Waals surface area contributed by atoms with Gasteiger partial charge < -0.3 is 19.9 Å². The van der Waals surface area contributed by atoms with Gasteiger partial charge in [0, 0.05) is 25.2 Å². The highest BCUT2D eigenvalue weighted by molar-refractivity contribution is 7.99. The quantitative estimate of drug-likeness (QED) is 0.563. The van der Waals surface area contributed by atoms with Gasteiger partial charge in [-0.15, -0.1) is 10.2 Å². The van der Waals surface area contributed by atoms with Gasteiger partial charge in [-0.25, -0.2) is 0 Å². The van der Waals surface area contributed by atoms with Gasteiger partial charge in [-0.05, 0) is 25.1 Å². The van der Waals surface area contributed by atoms with Crippen LogP contribution in [0.25, 0.3) is 11.4 Å². The summed E-state index contributed by atoms with van der Waals surface area (Å²) in [5.41, 5.74) is 3.19. The third-order valence-electron chi connectivity index (χ3n) is 4.27. The minimum Gasteiger partial charge on any atom is -0.495 e.